The van der Waals surface area contributed by atoms with Crippen LogP contribution in [0.25, 0.3) is 0 Å². The van der Waals surface area contributed by atoms with E-state index in [4.69, 9.17) is 5.73 Å². The van der Waals surface area contributed by atoms with Gasteiger partial charge < -0.3 is 15.9 Å². The standard InChI is InChI=1S/C24H33NO3/c1-16-5-4-7-17(11-16)13-20(26)9-10-21-22-14-18(6-2-3-8-24(25)28)12-19(22)15-23(21)27/h4-5,7,9-12,19-23,26-27H,2-3,6,8,13-15H2,1H3,(H2,25,28)/t19-,20-,21+,22-,23+/m0/s1. The van der Waals surface area contributed by atoms with E-state index < -0.39 is 6.10 Å². The first kappa shape index (κ1) is 20.8. The number of hydrogen-bond acceptors (Lipinski definition) is 3. The van der Waals surface area contributed by atoms with Crippen LogP contribution in [0.2, 0.25) is 0 Å². The SMILES string of the molecule is Cc1cccc(C[C@@H](O)C=C[C@@H]2[C@H]3CC(CCCCC(N)=O)=C[C@H]3C[C@H]2O)c1. The average Bonchev–Trinajstić information content (AvgIpc) is 3.13. The third-order valence-electron chi connectivity index (χ3n) is 6.20. The number of carbonyl (C=O) groups is 1. The van der Waals surface area contributed by atoms with E-state index in [0.717, 1.165) is 37.7 Å². The van der Waals surface area contributed by atoms with Crippen molar-refractivity contribution in [2.24, 2.45) is 23.5 Å². The van der Waals surface area contributed by atoms with Crippen molar-refractivity contribution in [3.63, 3.8) is 0 Å². The number of nitrogens with two attached hydrogens (primary N) is 1. The molecule has 2 aliphatic carbocycles. The third-order valence-corrected chi connectivity index (χ3v) is 6.20. The fourth-order valence-corrected chi connectivity index (χ4v) is 4.85. The molecule has 1 amide bonds. The fourth-order valence-electron chi connectivity index (χ4n) is 4.85. The number of aliphatic hydroxyl groups is 2. The van der Waals surface area contributed by atoms with Crippen LogP contribution in [-0.4, -0.2) is 28.3 Å². The number of fused-ring (bicyclic) bond motifs is 1. The number of amides is 1. The van der Waals surface area contributed by atoms with Crippen LogP contribution in [0.4, 0.5) is 0 Å². The van der Waals surface area contributed by atoms with Gasteiger partial charge in [0.25, 0.3) is 0 Å². The number of rotatable bonds is 9. The molecule has 4 nitrogen and oxygen atoms in total. The molecule has 0 aromatic heterocycles. The van der Waals surface area contributed by atoms with Gasteiger partial charge in [0.1, 0.15) is 0 Å². The predicted molar refractivity (Wildman–Crippen MR) is 111 cm³/mol. The molecule has 1 aromatic carbocycles. The van der Waals surface area contributed by atoms with Crippen LogP contribution in [0.5, 0.6) is 0 Å². The maximum Gasteiger partial charge on any atom is 0.217 e. The molecule has 1 aromatic rings. The van der Waals surface area contributed by atoms with Crippen LogP contribution in [0.1, 0.15) is 49.7 Å². The number of aliphatic hydroxyl groups excluding tert-OH is 2. The molecule has 4 heteroatoms. The molecule has 0 spiro atoms. The molecule has 0 radical (unpaired) electrons. The first-order chi connectivity index (χ1) is 13.4. The van der Waals surface area contributed by atoms with Crippen LogP contribution in [0.15, 0.2) is 48.1 Å². The van der Waals surface area contributed by atoms with Gasteiger partial charge in [-0.2, -0.15) is 0 Å². The lowest BCUT2D eigenvalue weighted by Crippen LogP contribution is -2.18. The molecule has 2 aliphatic rings. The molecule has 0 bridgehead atoms. The monoisotopic (exact) mass is 383 g/mol. The van der Waals surface area contributed by atoms with E-state index in [-0.39, 0.29) is 17.9 Å². The van der Waals surface area contributed by atoms with Crippen molar-refractivity contribution in [1.82, 2.24) is 0 Å². The maximum atomic E-state index is 10.8. The van der Waals surface area contributed by atoms with Crippen molar-refractivity contribution < 1.29 is 15.0 Å². The van der Waals surface area contributed by atoms with E-state index in [1.54, 1.807) is 0 Å². The molecule has 0 aliphatic heterocycles. The number of benzene rings is 1. The van der Waals surface area contributed by atoms with Gasteiger partial charge in [0.05, 0.1) is 12.2 Å². The zero-order valence-corrected chi connectivity index (χ0v) is 16.8. The highest BCUT2D eigenvalue weighted by Gasteiger charge is 2.43. The van der Waals surface area contributed by atoms with Crippen LogP contribution >= 0.6 is 0 Å². The van der Waals surface area contributed by atoms with Crippen LogP contribution < -0.4 is 5.73 Å². The smallest absolute Gasteiger partial charge is 0.217 e. The molecule has 0 saturated heterocycles. The Kier molecular flexibility index (Phi) is 7.08. The Balaban J connectivity index is 1.51. The molecule has 152 valence electrons. The van der Waals surface area contributed by atoms with Gasteiger partial charge in [0, 0.05) is 18.8 Å². The van der Waals surface area contributed by atoms with Gasteiger partial charge in [-0.25, -0.2) is 0 Å². The lowest BCUT2D eigenvalue weighted by Gasteiger charge is -2.19. The van der Waals surface area contributed by atoms with Crippen molar-refractivity contribution in [3.8, 4) is 0 Å². The van der Waals surface area contributed by atoms with Crippen LogP contribution in [0.3, 0.4) is 0 Å². The number of hydrogen-bond donors (Lipinski definition) is 3. The Labute approximate surface area is 168 Å². The van der Waals surface area contributed by atoms with Gasteiger partial charge in [-0.1, -0.05) is 53.6 Å². The van der Waals surface area contributed by atoms with Crippen LogP contribution in [-0.2, 0) is 11.2 Å². The van der Waals surface area contributed by atoms with Gasteiger partial charge in [0.15, 0.2) is 0 Å². The van der Waals surface area contributed by atoms with Crippen molar-refractivity contribution in [1.29, 1.82) is 0 Å². The van der Waals surface area contributed by atoms with E-state index in [0.29, 0.717) is 24.7 Å². The Morgan fingerprint density at radius 3 is 2.93 bits per heavy atom. The second-order valence-corrected chi connectivity index (χ2v) is 8.56. The molecule has 4 N–H and O–H groups in total. The summed E-state index contributed by atoms with van der Waals surface area (Å²) in [5.74, 6) is 0.750. The zero-order valence-electron chi connectivity index (χ0n) is 16.8. The summed E-state index contributed by atoms with van der Waals surface area (Å²) in [4.78, 5) is 10.8. The molecule has 1 fully saturated rings. The minimum Gasteiger partial charge on any atom is -0.392 e. The first-order valence-electron chi connectivity index (χ1n) is 10.5. The lowest BCUT2D eigenvalue weighted by atomic mass is 9.88. The number of carbonyl (C=O) groups excluding carboxylic acids is 1. The van der Waals surface area contributed by atoms with Crippen molar-refractivity contribution in [2.45, 2.75) is 64.1 Å². The summed E-state index contributed by atoms with van der Waals surface area (Å²) in [5.41, 5.74) is 8.97. The highest BCUT2D eigenvalue weighted by atomic mass is 16.3. The summed E-state index contributed by atoms with van der Waals surface area (Å²) in [5, 5.41) is 20.9. The van der Waals surface area contributed by atoms with Gasteiger partial charge in [-0.3, -0.25) is 4.79 Å². The van der Waals surface area contributed by atoms with Gasteiger partial charge in [-0.15, -0.1) is 0 Å². The quantitative estimate of drug-likeness (QED) is 0.451. The number of allylic oxidation sites excluding steroid dienone is 2. The predicted octanol–water partition coefficient (Wildman–Crippen LogP) is 3.44. The number of primary amides is 1. The van der Waals surface area contributed by atoms with Gasteiger partial charge in [0.2, 0.25) is 5.91 Å². The van der Waals surface area contributed by atoms with Gasteiger partial charge >= 0.3 is 0 Å². The Hall–Kier alpha value is -1.91. The van der Waals surface area contributed by atoms with Gasteiger partial charge in [-0.05, 0) is 56.4 Å². The summed E-state index contributed by atoms with van der Waals surface area (Å²) in [6, 6.07) is 8.21. The Morgan fingerprint density at radius 1 is 1.36 bits per heavy atom. The highest BCUT2D eigenvalue weighted by molar-refractivity contribution is 5.73. The van der Waals surface area contributed by atoms with E-state index in [1.165, 1.54) is 11.1 Å². The normalized spacial score (nSPS) is 27.8. The zero-order chi connectivity index (χ0) is 20.1. The summed E-state index contributed by atoms with van der Waals surface area (Å²) in [6.45, 7) is 2.05. The summed E-state index contributed by atoms with van der Waals surface area (Å²) in [6.07, 6.45) is 11.1. The molecule has 3 rings (SSSR count). The molecular weight excluding hydrogens is 350 g/mol. The number of unbranched alkanes of at least 4 members (excludes halogenated alkanes) is 1. The maximum absolute atomic E-state index is 10.8. The van der Waals surface area contributed by atoms with Crippen LogP contribution in [0, 0.1) is 24.7 Å². The minimum atomic E-state index is -0.532. The van der Waals surface area contributed by atoms with E-state index in [1.807, 2.05) is 24.3 Å². The molecule has 0 unspecified atom stereocenters. The third kappa shape index (κ3) is 5.55. The Bertz CT molecular complexity index is 739. The average molecular weight is 384 g/mol. The molecule has 28 heavy (non-hydrogen) atoms. The molecule has 0 heterocycles. The van der Waals surface area contributed by atoms with Crippen molar-refractivity contribution in [3.05, 3.63) is 59.2 Å². The summed E-state index contributed by atoms with van der Waals surface area (Å²) < 4.78 is 0. The molecular formula is C24H33NO3. The largest absolute Gasteiger partial charge is 0.392 e. The fraction of sp³-hybridized carbons (Fsp3) is 0.542. The topological polar surface area (TPSA) is 83.5 Å². The first-order valence-corrected chi connectivity index (χ1v) is 10.5. The summed E-state index contributed by atoms with van der Waals surface area (Å²) in [7, 11) is 0. The Morgan fingerprint density at radius 2 is 2.18 bits per heavy atom. The molecule has 1 saturated carbocycles. The van der Waals surface area contributed by atoms with Crippen molar-refractivity contribution >= 4 is 5.91 Å². The van der Waals surface area contributed by atoms with E-state index in [2.05, 4.69) is 25.1 Å². The second-order valence-electron chi connectivity index (χ2n) is 8.56. The second kappa shape index (κ2) is 9.53. The highest BCUT2D eigenvalue weighted by Crippen LogP contribution is 2.48. The number of aryl methyl sites for hydroxylation is 1. The van der Waals surface area contributed by atoms with E-state index in [9.17, 15) is 15.0 Å². The van der Waals surface area contributed by atoms with E-state index >= 15 is 0 Å². The minimum absolute atomic E-state index is 0.108. The lowest BCUT2D eigenvalue weighted by molar-refractivity contribution is -0.118. The molecule has 5 atom stereocenters. The summed E-state index contributed by atoms with van der Waals surface area (Å²) >= 11 is 0. The van der Waals surface area contributed by atoms with Crippen molar-refractivity contribution in [2.75, 3.05) is 0 Å².